The van der Waals surface area contributed by atoms with Crippen LogP contribution in [0.5, 0.6) is 29.5 Å². The molecule has 0 bridgehead atoms. The van der Waals surface area contributed by atoms with Crippen LogP contribution < -0.4 is 29.5 Å². The zero-order valence-electron chi connectivity index (χ0n) is 18.6. The zero-order chi connectivity index (χ0) is 23.5. The summed E-state index contributed by atoms with van der Waals surface area (Å²) in [6, 6.07) is 9.13. The molecule has 0 aliphatic rings. The van der Waals surface area contributed by atoms with Crippen molar-refractivity contribution < 1.29 is 28.2 Å². The highest BCUT2D eigenvalue weighted by Gasteiger charge is 2.22. The third-order valence-electron chi connectivity index (χ3n) is 4.44. The Morgan fingerprint density at radius 1 is 1.00 bits per heavy atom. The number of carbonyl (C=O) groups is 1. The number of nitrogens with one attached hydrogen (secondary N) is 1. The first-order chi connectivity index (χ1) is 15.2. The van der Waals surface area contributed by atoms with Crippen LogP contribution in [0, 0.1) is 0 Å². The Balaban J connectivity index is 1.82. The van der Waals surface area contributed by atoms with Gasteiger partial charge in [-0.2, -0.15) is 9.97 Å². The fourth-order valence-electron chi connectivity index (χ4n) is 2.72. The number of hydrogen-bond donors (Lipinski definition) is 1. The van der Waals surface area contributed by atoms with Crippen molar-refractivity contribution in [2.24, 2.45) is 0 Å². The van der Waals surface area contributed by atoms with E-state index in [2.05, 4.69) is 56.9 Å². The van der Waals surface area contributed by atoms with Gasteiger partial charge >= 0.3 is 6.01 Å². The summed E-state index contributed by atoms with van der Waals surface area (Å²) < 4.78 is 27.7. The molecule has 0 spiro atoms. The molecule has 3 aromatic rings. The van der Waals surface area contributed by atoms with Crippen LogP contribution in [-0.4, -0.2) is 45.3 Å². The van der Waals surface area contributed by atoms with Gasteiger partial charge in [-0.1, -0.05) is 30.9 Å². The summed E-state index contributed by atoms with van der Waals surface area (Å²) in [6.07, 6.45) is 0. The summed E-state index contributed by atoms with van der Waals surface area (Å²) >= 11 is 3.50. The van der Waals surface area contributed by atoms with Gasteiger partial charge in [-0.15, -0.1) is 0 Å². The number of carbonyl (C=O) groups excluding carboxylic acids is 1. The molecule has 0 aliphatic heterocycles. The van der Waals surface area contributed by atoms with Gasteiger partial charge in [0.1, 0.15) is 5.75 Å². The number of rotatable bonds is 8. The van der Waals surface area contributed by atoms with Gasteiger partial charge in [0.25, 0.3) is 11.9 Å². The molecule has 0 saturated carbocycles. The molecular weight excluding hydrogens is 498 g/mol. The van der Waals surface area contributed by atoms with E-state index in [-0.39, 0.29) is 35.2 Å². The van der Waals surface area contributed by atoms with E-state index in [1.54, 1.807) is 6.07 Å². The second-order valence-electron chi connectivity index (χ2n) is 7.67. The highest BCUT2D eigenvalue weighted by atomic mass is 79.9. The summed E-state index contributed by atoms with van der Waals surface area (Å²) in [4.78, 5) is 20.9. The van der Waals surface area contributed by atoms with E-state index >= 15 is 0 Å². The number of anilines is 1. The highest BCUT2D eigenvalue weighted by molar-refractivity contribution is 9.10. The molecule has 1 N–H and O–H groups in total. The molecule has 11 heteroatoms. The molecule has 0 atom stereocenters. The molecule has 1 aromatic carbocycles. The summed E-state index contributed by atoms with van der Waals surface area (Å²) in [5, 5.41) is 3.88. The Kier molecular flexibility index (Phi) is 7.09. The van der Waals surface area contributed by atoms with E-state index in [0.717, 1.165) is 4.47 Å². The van der Waals surface area contributed by atoms with Gasteiger partial charge in [-0.05, 0) is 34.1 Å². The first-order valence-corrected chi connectivity index (χ1v) is 13.9. The van der Waals surface area contributed by atoms with E-state index in [1.165, 1.54) is 32.6 Å². The Bertz CT molecular complexity index is 1100. The summed E-state index contributed by atoms with van der Waals surface area (Å²) in [7, 11) is 2.70. The highest BCUT2D eigenvalue weighted by Crippen LogP contribution is 2.34. The van der Waals surface area contributed by atoms with Crippen molar-refractivity contribution in [2.45, 2.75) is 19.6 Å². The Morgan fingerprint density at radius 2 is 1.66 bits per heavy atom. The van der Waals surface area contributed by atoms with Crippen LogP contribution in [0.1, 0.15) is 10.6 Å². The van der Waals surface area contributed by atoms with Gasteiger partial charge in [0.2, 0.25) is 11.8 Å². The molecule has 32 heavy (non-hydrogen) atoms. The van der Waals surface area contributed by atoms with Gasteiger partial charge in [-0.25, -0.2) is 0 Å². The van der Waals surface area contributed by atoms with E-state index in [4.69, 9.17) is 23.4 Å². The molecule has 0 unspecified atom stereocenters. The van der Waals surface area contributed by atoms with Crippen LogP contribution >= 0.6 is 15.9 Å². The minimum absolute atomic E-state index is 0.0254. The van der Waals surface area contributed by atoms with Crippen molar-refractivity contribution >= 4 is 40.8 Å². The molecule has 0 radical (unpaired) electrons. The van der Waals surface area contributed by atoms with Crippen LogP contribution in [-0.2, 0) is 0 Å². The van der Waals surface area contributed by atoms with E-state index in [0.29, 0.717) is 5.75 Å². The molecule has 3 rings (SSSR count). The van der Waals surface area contributed by atoms with Gasteiger partial charge in [0, 0.05) is 6.07 Å². The number of ether oxygens (including phenoxy) is 4. The summed E-state index contributed by atoms with van der Waals surface area (Å²) in [6.45, 7) is 6.75. The smallest absolute Gasteiger partial charge is 0.322 e. The number of hydrogen-bond acceptors (Lipinski definition) is 8. The maximum absolute atomic E-state index is 12.8. The monoisotopic (exact) mass is 521 g/mol. The molecule has 0 saturated heterocycles. The van der Waals surface area contributed by atoms with Gasteiger partial charge in [0.15, 0.2) is 11.4 Å². The largest absolute Gasteiger partial charge is 0.479 e. The SMILES string of the molecule is COc1nc(OC)c(NC(=O)c2ccc(Oc3cc([Si](C)(C)C)ccc3Br)o2)c(OC)n1. The van der Waals surface area contributed by atoms with Crippen LogP contribution in [0.3, 0.4) is 0 Å². The standard InChI is InChI=1S/C21H24BrN3O6Si/c1-27-19-17(20(28-2)25-21(24-19)29-3)23-18(26)14-9-10-16(30-14)31-15-11-12(32(4,5)6)7-8-13(15)22/h7-11H,1-6H3,(H,23,26). The second-order valence-corrected chi connectivity index (χ2v) is 13.6. The minimum atomic E-state index is -1.53. The maximum atomic E-state index is 12.8. The van der Waals surface area contributed by atoms with Crippen molar-refractivity contribution in [1.82, 2.24) is 9.97 Å². The van der Waals surface area contributed by atoms with Crippen molar-refractivity contribution in [3.05, 3.63) is 40.6 Å². The van der Waals surface area contributed by atoms with E-state index < -0.39 is 14.0 Å². The molecule has 0 fully saturated rings. The lowest BCUT2D eigenvalue weighted by molar-refractivity contribution is 0.0990. The van der Waals surface area contributed by atoms with Crippen molar-refractivity contribution in [2.75, 3.05) is 26.6 Å². The number of nitrogens with zero attached hydrogens (tertiary/aromatic N) is 2. The number of methoxy groups -OCH3 is 3. The van der Waals surface area contributed by atoms with Gasteiger partial charge in [0.05, 0.1) is 33.9 Å². The number of benzene rings is 1. The normalized spacial score (nSPS) is 11.1. The predicted octanol–water partition coefficient (Wildman–Crippen LogP) is 4.45. The fraction of sp³-hybridized carbons (Fsp3) is 0.286. The first-order valence-electron chi connectivity index (χ1n) is 9.59. The molecule has 1 amide bonds. The lowest BCUT2D eigenvalue weighted by Crippen LogP contribution is -2.37. The fourth-order valence-corrected chi connectivity index (χ4v) is 4.20. The van der Waals surface area contributed by atoms with Gasteiger partial charge in [-0.3, -0.25) is 4.79 Å². The van der Waals surface area contributed by atoms with Crippen LogP contribution in [0.15, 0.2) is 39.2 Å². The molecule has 170 valence electrons. The zero-order valence-corrected chi connectivity index (χ0v) is 21.2. The van der Waals surface area contributed by atoms with Crippen LogP contribution in [0.4, 0.5) is 5.69 Å². The second kappa shape index (κ2) is 9.61. The topological polar surface area (TPSA) is 105 Å². The first kappa shape index (κ1) is 23.6. The van der Waals surface area contributed by atoms with Crippen molar-refractivity contribution in [3.8, 4) is 29.5 Å². The number of aromatic nitrogens is 2. The van der Waals surface area contributed by atoms with Crippen molar-refractivity contribution in [3.63, 3.8) is 0 Å². The summed E-state index contributed by atoms with van der Waals surface area (Å²) in [5.74, 6) is 0.415. The van der Waals surface area contributed by atoms with Crippen LogP contribution in [0.25, 0.3) is 0 Å². The third kappa shape index (κ3) is 5.22. The third-order valence-corrected chi connectivity index (χ3v) is 7.14. The maximum Gasteiger partial charge on any atom is 0.322 e. The molecule has 9 nitrogen and oxygen atoms in total. The lowest BCUT2D eigenvalue weighted by atomic mass is 10.3. The van der Waals surface area contributed by atoms with Gasteiger partial charge < -0.3 is 28.7 Å². The average Bonchev–Trinajstić information content (AvgIpc) is 3.23. The Labute approximate surface area is 195 Å². The molecular formula is C21H24BrN3O6Si. The Hall–Kier alpha value is -3.05. The van der Waals surface area contributed by atoms with Crippen LogP contribution in [0.2, 0.25) is 19.6 Å². The van der Waals surface area contributed by atoms with E-state index in [9.17, 15) is 4.79 Å². The number of furan rings is 1. The molecule has 2 heterocycles. The number of amides is 1. The summed E-state index contributed by atoms with van der Waals surface area (Å²) in [5.41, 5.74) is 0.144. The minimum Gasteiger partial charge on any atom is -0.479 e. The average molecular weight is 522 g/mol. The van der Waals surface area contributed by atoms with E-state index in [1.807, 2.05) is 12.1 Å². The Morgan fingerprint density at radius 3 is 2.22 bits per heavy atom. The van der Waals surface area contributed by atoms with Crippen molar-refractivity contribution in [1.29, 1.82) is 0 Å². The number of halogens is 1. The molecule has 2 aromatic heterocycles. The quantitative estimate of drug-likeness (QED) is 0.433. The predicted molar refractivity (Wildman–Crippen MR) is 126 cm³/mol. The molecule has 0 aliphatic carbocycles. The lowest BCUT2D eigenvalue weighted by Gasteiger charge is -2.18.